The van der Waals surface area contributed by atoms with Crippen LogP contribution in [-0.2, 0) is 26.2 Å². The largest absolute Gasteiger partial charge is 0.497 e. The third kappa shape index (κ3) is 6.54. The maximum absolute atomic E-state index is 13.8. The van der Waals surface area contributed by atoms with Gasteiger partial charge in [0.05, 0.1) is 27.7 Å². The average Bonchev–Trinajstić information content (AvgIpc) is 2.91. The van der Waals surface area contributed by atoms with E-state index < -0.39 is 34.4 Å². The molecule has 0 aliphatic heterocycles. The smallest absolute Gasteiger partial charge is 0.264 e. The molecule has 0 bridgehead atoms. The Morgan fingerprint density at radius 1 is 1.00 bits per heavy atom. The van der Waals surface area contributed by atoms with Gasteiger partial charge in [-0.15, -0.1) is 0 Å². The second-order valence-corrected chi connectivity index (χ2v) is 10.7. The lowest BCUT2D eigenvalue weighted by molar-refractivity contribution is -0.139. The van der Waals surface area contributed by atoms with Gasteiger partial charge in [-0.1, -0.05) is 59.6 Å². The van der Waals surface area contributed by atoms with Crippen LogP contribution in [0.5, 0.6) is 5.75 Å². The van der Waals surface area contributed by atoms with Crippen LogP contribution in [0.2, 0.25) is 10.0 Å². The molecule has 0 saturated carbocycles. The number of benzene rings is 3. The molecule has 0 spiro atoms. The SMILES string of the molecule is CNC(=O)C(C)N(Cc1cccc(OC)c1)C(=O)CN(c1cccc(Cl)c1Cl)S(=O)(=O)c1ccccc1. The van der Waals surface area contributed by atoms with Crippen molar-refractivity contribution in [3.63, 3.8) is 0 Å². The van der Waals surface area contributed by atoms with Gasteiger partial charge in [-0.3, -0.25) is 13.9 Å². The molecule has 0 saturated heterocycles. The van der Waals surface area contributed by atoms with Crippen LogP contribution in [0, 0.1) is 0 Å². The van der Waals surface area contributed by atoms with Crippen LogP contribution in [-0.4, -0.2) is 51.9 Å². The van der Waals surface area contributed by atoms with Crippen LogP contribution in [0.4, 0.5) is 5.69 Å². The minimum Gasteiger partial charge on any atom is -0.497 e. The molecule has 8 nitrogen and oxygen atoms in total. The number of carbonyl (C=O) groups excluding carboxylic acids is 2. The van der Waals surface area contributed by atoms with Gasteiger partial charge in [-0.05, 0) is 48.9 Å². The lowest BCUT2D eigenvalue weighted by Gasteiger charge is -2.32. The van der Waals surface area contributed by atoms with Gasteiger partial charge in [0, 0.05) is 13.6 Å². The summed E-state index contributed by atoms with van der Waals surface area (Å²) in [5, 5.41) is 2.65. The average molecular weight is 564 g/mol. The number of anilines is 1. The summed E-state index contributed by atoms with van der Waals surface area (Å²) in [5.41, 5.74) is 0.738. The molecule has 0 radical (unpaired) electrons. The first-order chi connectivity index (χ1) is 17.6. The Morgan fingerprint density at radius 2 is 1.68 bits per heavy atom. The van der Waals surface area contributed by atoms with Crippen LogP contribution >= 0.6 is 23.2 Å². The van der Waals surface area contributed by atoms with Crippen molar-refractivity contribution < 1.29 is 22.7 Å². The van der Waals surface area contributed by atoms with E-state index in [0.29, 0.717) is 11.3 Å². The van der Waals surface area contributed by atoms with Gasteiger partial charge in [0.15, 0.2) is 0 Å². The van der Waals surface area contributed by atoms with Crippen molar-refractivity contribution in [2.24, 2.45) is 0 Å². The predicted molar refractivity (Wildman–Crippen MR) is 145 cm³/mol. The summed E-state index contributed by atoms with van der Waals surface area (Å²) >= 11 is 12.6. The molecule has 0 fully saturated rings. The number of amides is 2. The van der Waals surface area contributed by atoms with Gasteiger partial charge in [0.2, 0.25) is 11.8 Å². The van der Waals surface area contributed by atoms with Gasteiger partial charge in [0.25, 0.3) is 10.0 Å². The van der Waals surface area contributed by atoms with Crippen molar-refractivity contribution in [1.29, 1.82) is 0 Å². The normalized spacial score (nSPS) is 11.9. The molecule has 37 heavy (non-hydrogen) atoms. The molecule has 3 aromatic rings. The third-order valence-electron chi connectivity index (χ3n) is 5.71. The Bertz CT molecular complexity index is 1370. The van der Waals surface area contributed by atoms with Gasteiger partial charge in [0.1, 0.15) is 18.3 Å². The van der Waals surface area contributed by atoms with E-state index in [4.69, 9.17) is 27.9 Å². The Kier molecular flexibility index (Phi) is 9.42. The van der Waals surface area contributed by atoms with E-state index in [2.05, 4.69) is 5.32 Å². The predicted octanol–water partition coefficient (Wildman–Crippen LogP) is 4.36. The second kappa shape index (κ2) is 12.3. The fourth-order valence-electron chi connectivity index (χ4n) is 3.68. The van der Waals surface area contributed by atoms with E-state index in [1.54, 1.807) is 55.5 Å². The number of carbonyl (C=O) groups is 2. The lowest BCUT2D eigenvalue weighted by Crippen LogP contribution is -2.50. The summed E-state index contributed by atoms with van der Waals surface area (Å²) in [5.74, 6) is -0.444. The Balaban J connectivity index is 2.07. The molecule has 0 aromatic heterocycles. The Hall–Kier alpha value is -3.27. The van der Waals surface area contributed by atoms with Gasteiger partial charge in [-0.2, -0.15) is 0 Å². The molecule has 11 heteroatoms. The molecule has 196 valence electrons. The number of hydrogen-bond donors (Lipinski definition) is 1. The summed E-state index contributed by atoms with van der Waals surface area (Å²) in [6, 6.07) is 18.4. The number of nitrogens with one attached hydrogen (secondary N) is 1. The van der Waals surface area contributed by atoms with E-state index >= 15 is 0 Å². The summed E-state index contributed by atoms with van der Waals surface area (Å²) in [7, 11) is -1.25. The monoisotopic (exact) mass is 563 g/mol. The van der Waals surface area contributed by atoms with E-state index in [0.717, 1.165) is 4.31 Å². The Morgan fingerprint density at radius 3 is 2.32 bits per heavy atom. The molecule has 2 amide bonds. The zero-order chi connectivity index (χ0) is 27.2. The first kappa shape index (κ1) is 28.3. The van der Waals surface area contributed by atoms with Gasteiger partial charge < -0.3 is 15.0 Å². The van der Waals surface area contributed by atoms with E-state index in [9.17, 15) is 18.0 Å². The van der Waals surface area contributed by atoms with E-state index in [-0.39, 0.29) is 27.2 Å². The lowest BCUT2D eigenvalue weighted by atomic mass is 10.1. The number of likely N-dealkylation sites (N-methyl/N-ethyl adjacent to an activating group) is 1. The first-order valence-corrected chi connectivity index (χ1v) is 13.5. The van der Waals surface area contributed by atoms with E-state index in [1.165, 1.54) is 43.3 Å². The summed E-state index contributed by atoms with van der Waals surface area (Å²) in [6.07, 6.45) is 0. The standard InChI is InChI=1S/C26H27Cl2N3O5S/c1-18(26(33)29-2)30(16-19-9-7-10-20(15-19)36-3)24(32)17-31(23-14-8-13-22(27)25(23)28)37(34,35)21-11-5-4-6-12-21/h4-15,18H,16-17H2,1-3H3,(H,29,33). The molecular formula is C26H27Cl2N3O5S. The maximum Gasteiger partial charge on any atom is 0.264 e. The molecule has 0 aliphatic carbocycles. The van der Waals surface area contributed by atoms with Crippen molar-refractivity contribution in [2.75, 3.05) is 25.0 Å². The minimum atomic E-state index is -4.23. The van der Waals surface area contributed by atoms with Crippen molar-refractivity contribution in [2.45, 2.75) is 24.4 Å². The number of ether oxygens (including phenoxy) is 1. The molecular weight excluding hydrogens is 537 g/mol. The van der Waals surface area contributed by atoms with Gasteiger partial charge >= 0.3 is 0 Å². The minimum absolute atomic E-state index is 0.0184. The van der Waals surface area contributed by atoms with Crippen LogP contribution in [0.25, 0.3) is 0 Å². The molecule has 0 heterocycles. The summed E-state index contributed by atoms with van der Waals surface area (Å²) in [4.78, 5) is 27.6. The highest BCUT2D eigenvalue weighted by molar-refractivity contribution is 7.92. The number of sulfonamides is 1. The highest BCUT2D eigenvalue weighted by atomic mass is 35.5. The zero-order valence-corrected chi connectivity index (χ0v) is 22.8. The van der Waals surface area contributed by atoms with Crippen molar-refractivity contribution in [1.82, 2.24) is 10.2 Å². The fourth-order valence-corrected chi connectivity index (χ4v) is 5.57. The van der Waals surface area contributed by atoms with Crippen molar-refractivity contribution in [3.05, 3.63) is 88.4 Å². The van der Waals surface area contributed by atoms with Crippen molar-refractivity contribution in [3.8, 4) is 5.75 Å². The highest BCUT2D eigenvalue weighted by Gasteiger charge is 2.33. The number of halogens is 2. The highest BCUT2D eigenvalue weighted by Crippen LogP contribution is 2.35. The molecule has 0 aliphatic rings. The number of nitrogens with zero attached hydrogens (tertiary/aromatic N) is 2. The van der Waals surface area contributed by atoms with Crippen LogP contribution in [0.15, 0.2) is 77.7 Å². The van der Waals surface area contributed by atoms with E-state index in [1.807, 2.05) is 0 Å². The molecule has 3 aromatic carbocycles. The second-order valence-electron chi connectivity index (χ2n) is 8.06. The van der Waals surface area contributed by atoms with Crippen LogP contribution < -0.4 is 14.4 Å². The number of methoxy groups -OCH3 is 1. The zero-order valence-electron chi connectivity index (χ0n) is 20.5. The summed E-state index contributed by atoms with van der Waals surface area (Å²) < 4.78 is 33.6. The number of rotatable bonds is 10. The van der Waals surface area contributed by atoms with Crippen molar-refractivity contribution >= 4 is 50.7 Å². The first-order valence-electron chi connectivity index (χ1n) is 11.3. The van der Waals surface area contributed by atoms with Crippen LogP contribution in [0.1, 0.15) is 12.5 Å². The topological polar surface area (TPSA) is 96.0 Å². The molecule has 1 N–H and O–H groups in total. The summed E-state index contributed by atoms with van der Waals surface area (Å²) in [6.45, 7) is 0.981. The third-order valence-corrected chi connectivity index (χ3v) is 8.29. The maximum atomic E-state index is 13.8. The molecule has 3 rings (SSSR count). The molecule has 1 unspecified atom stereocenters. The van der Waals surface area contributed by atoms with Crippen LogP contribution in [0.3, 0.4) is 0 Å². The molecule has 1 atom stereocenters. The Labute approximate surface area is 226 Å². The van der Waals surface area contributed by atoms with Gasteiger partial charge in [-0.25, -0.2) is 8.42 Å². The quantitative estimate of drug-likeness (QED) is 0.395. The number of hydrogen-bond acceptors (Lipinski definition) is 5. The fraction of sp³-hybridized carbons (Fsp3) is 0.231.